The summed E-state index contributed by atoms with van der Waals surface area (Å²) in [6.45, 7) is 2.93. The Kier molecular flexibility index (Phi) is 4.40. The summed E-state index contributed by atoms with van der Waals surface area (Å²) in [5.41, 5.74) is -0.993. The van der Waals surface area contributed by atoms with Gasteiger partial charge in [-0.1, -0.05) is 32.6 Å². The maximum Gasteiger partial charge on any atom is 0.140 e. The maximum atomic E-state index is 10.7. The lowest BCUT2D eigenvalue weighted by molar-refractivity contribution is -0.0916. The molecule has 0 aromatic carbocycles. The van der Waals surface area contributed by atoms with Crippen LogP contribution in [0.4, 0.5) is 0 Å². The Bertz CT molecular complexity index is 368. The highest BCUT2D eigenvalue weighted by atomic mass is 16.3. The fourth-order valence-corrected chi connectivity index (χ4v) is 2.85. The van der Waals surface area contributed by atoms with E-state index in [-0.39, 0.29) is 0 Å². The molecule has 2 rings (SSSR count). The van der Waals surface area contributed by atoms with E-state index in [1.807, 2.05) is 10.8 Å². The van der Waals surface area contributed by atoms with Crippen molar-refractivity contribution in [2.45, 2.75) is 70.1 Å². The topological polar surface area (TPSA) is 58.3 Å². The first-order valence-corrected chi connectivity index (χ1v) is 7.09. The summed E-state index contributed by atoms with van der Waals surface area (Å²) in [6, 6.07) is 0. The van der Waals surface area contributed by atoms with Crippen molar-refractivity contribution >= 4 is 0 Å². The number of aliphatic hydroxyl groups excluding tert-OH is 1. The Balaban J connectivity index is 2.17. The molecule has 1 aliphatic rings. The molecule has 1 aromatic rings. The second-order valence-electron chi connectivity index (χ2n) is 5.40. The zero-order valence-electron chi connectivity index (χ0n) is 11.2. The highest BCUT2D eigenvalue weighted by Crippen LogP contribution is 2.36. The Hall–Kier alpha value is -0.870. The number of hydrogen-bond acceptors (Lipinski definition) is 3. The molecular weight excluding hydrogens is 228 g/mol. The van der Waals surface area contributed by atoms with Gasteiger partial charge in [-0.25, -0.2) is 4.98 Å². The summed E-state index contributed by atoms with van der Waals surface area (Å²) in [5.74, 6) is 0.612. The van der Waals surface area contributed by atoms with Gasteiger partial charge in [-0.05, 0) is 19.3 Å². The van der Waals surface area contributed by atoms with Crippen LogP contribution in [0.25, 0.3) is 0 Å². The van der Waals surface area contributed by atoms with Gasteiger partial charge in [0.1, 0.15) is 11.9 Å². The van der Waals surface area contributed by atoms with Gasteiger partial charge in [-0.2, -0.15) is 0 Å². The molecule has 1 aromatic heterocycles. The van der Waals surface area contributed by atoms with Crippen LogP contribution in [0.3, 0.4) is 0 Å². The van der Waals surface area contributed by atoms with E-state index >= 15 is 0 Å². The number of hydrogen-bond donors (Lipinski definition) is 2. The fraction of sp³-hybridized carbons (Fsp3) is 0.786. The third-order valence-corrected chi connectivity index (χ3v) is 3.94. The van der Waals surface area contributed by atoms with E-state index in [9.17, 15) is 10.2 Å². The van der Waals surface area contributed by atoms with Gasteiger partial charge in [0.2, 0.25) is 0 Å². The first-order chi connectivity index (χ1) is 8.67. The summed E-state index contributed by atoms with van der Waals surface area (Å²) in [5, 5.41) is 21.2. The molecule has 1 heterocycles. The molecule has 0 amide bonds. The Labute approximate surface area is 109 Å². The molecule has 0 radical (unpaired) electrons. The van der Waals surface area contributed by atoms with Crippen molar-refractivity contribution in [2.24, 2.45) is 0 Å². The van der Waals surface area contributed by atoms with Crippen molar-refractivity contribution in [3.05, 3.63) is 18.2 Å². The summed E-state index contributed by atoms with van der Waals surface area (Å²) in [4.78, 5) is 4.24. The maximum absolute atomic E-state index is 10.7. The van der Waals surface area contributed by atoms with Crippen molar-refractivity contribution in [3.8, 4) is 0 Å². The lowest BCUT2D eigenvalue weighted by Gasteiger charge is -2.31. The van der Waals surface area contributed by atoms with Gasteiger partial charge in [0.25, 0.3) is 0 Å². The lowest BCUT2D eigenvalue weighted by atomic mass is 9.88. The van der Waals surface area contributed by atoms with Gasteiger partial charge in [0.15, 0.2) is 0 Å². The van der Waals surface area contributed by atoms with E-state index in [2.05, 4.69) is 11.9 Å². The zero-order chi connectivity index (χ0) is 13.0. The molecule has 18 heavy (non-hydrogen) atoms. The molecule has 0 aliphatic heterocycles. The van der Waals surface area contributed by atoms with Crippen LogP contribution >= 0.6 is 0 Å². The first kappa shape index (κ1) is 13.6. The van der Waals surface area contributed by atoms with Crippen LogP contribution in [0.1, 0.15) is 63.8 Å². The third kappa shape index (κ3) is 2.75. The number of imidazole rings is 1. The minimum Gasteiger partial charge on any atom is -0.387 e. The van der Waals surface area contributed by atoms with Crippen molar-refractivity contribution in [1.82, 2.24) is 9.55 Å². The molecule has 1 atom stereocenters. The molecule has 0 saturated heterocycles. The third-order valence-electron chi connectivity index (χ3n) is 3.94. The molecule has 1 fully saturated rings. The molecule has 2 N–H and O–H groups in total. The van der Waals surface area contributed by atoms with E-state index in [1.165, 1.54) is 0 Å². The lowest BCUT2D eigenvalue weighted by Crippen LogP contribution is -2.37. The number of rotatable bonds is 4. The van der Waals surface area contributed by atoms with Gasteiger partial charge in [0, 0.05) is 18.9 Å². The Morgan fingerprint density at radius 3 is 2.61 bits per heavy atom. The summed E-state index contributed by atoms with van der Waals surface area (Å²) in [6.07, 6.45) is 9.34. The number of aryl methyl sites for hydroxylation is 1. The minimum atomic E-state index is -0.993. The fourth-order valence-electron chi connectivity index (χ4n) is 2.85. The molecule has 0 spiro atoms. The largest absolute Gasteiger partial charge is 0.387 e. The van der Waals surface area contributed by atoms with Crippen LogP contribution in [0.2, 0.25) is 0 Å². The van der Waals surface area contributed by atoms with Crippen LogP contribution in [-0.2, 0) is 6.54 Å². The average molecular weight is 252 g/mol. The van der Waals surface area contributed by atoms with Crippen molar-refractivity contribution < 1.29 is 10.2 Å². The van der Waals surface area contributed by atoms with Gasteiger partial charge in [-0.3, -0.25) is 0 Å². The van der Waals surface area contributed by atoms with Gasteiger partial charge in [0.05, 0.1) is 5.60 Å². The van der Waals surface area contributed by atoms with E-state index in [1.54, 1.807) is 6.20 Å². The van der Waals surface area contributed by atoms with Crippen molar-refractivity contribution in [1.29, 1.82) is 0 Å². The molecule has 1 saturated carbocycles. The summed E-state index contributed by atoms with van der Waals surface area (Å²) >= 11 is 0. The number of aromatic nitrogens is 2. The quantitative estimate of drug-likeness (QED) is 0.809. The molecule has 0 bridgehead atoms. The molecular formula is C14H24N2O2. The zero-order valence-corrected chi connectivity index (χ0v) is 11.2. The number of aliphatic hydroxyl groups is 2. The normalized spacial score (nSPS) is 21.5. The van der Waals surface area contributed by atoms with E-state index in [4.69, 9.17) is 0 Å². The van der Waals surface area contributed by atoms with Gasteiger partial charge < -0.3 is 14.8 Å². The van der Waals surface area contributed by atoms with Crippen LogP contribution in [0.5, 0.6) is 0 Å². The summed E-state index contributed by atoms with van der Waals surface area (Å²) in [7, 11) is 0. The van der Waals surface area contributed by atoms with E-state index in [0.29, 0.717) is 18.7 Å². The van der Waals surface area contributed by atoms with Gasteiger partial charge >= 0.3 is 0 Å². The Morgan fingerprint density at radius 1 is 1.33 bits per heavy atom. The molecule has 1 unspecified atom stereocenters. The second kappa shape index (κ2) is 5.85. The van der Waals surface area contributed by atoms with E-state index in [0.717, 1.165) is 38.6 Å². The molecule has 1 aliphatic carbocycles. The summed E-state index contributed by atoms with van der Waals surface area (Å²) < 4.78 is 1.95. The SMILES string of the molecule is CCCn1ccnc1C(O)C1(O)CCCCCC1. The van der Waals surface area contributed by atoms with Crippen LogP contribution in [0.15, 0.2) is 12.4 Å². The minimum absolute atomic E-state index is 0.612. The average Bonchev–Trinajstić information content (AvgIpc) is 2.70. The van der Waals surface area contributed by atoms with Gasteiger partial charge in [-0.15, -0.1) is 0 Å². The highest BCUT2D eigenvalue weighted by molar-refractivity contribution is 5.04. The smallest absolute Gasteiger partial charge is 0.140 e. The van der Waals surface area contributed by atoms with E-state index < -0.39 is 11.7 Å². The van der Waals surface area contributed by atoms with Crippen LogP contribution in [-0.4, -0.2) is 25.4 Å². The highest BCUT2D eigenvalue weighted by Gasteiger charge is 2.38. The van der Waals surface area contributed by atoms with Crippen LogP contribution < -0.4 is 0 Å². The monoisotopic (exact) mass is 252 g/mol. The van der Waals surface area contributed by atoms with Crippen molar-refractivity contribution in [2.75, 3.05) is 0 Å². The standard InChI is InChI=1S/C14H24N2O2/c1-2-10-16-11-9-15-13(16)12(17)14(18)7-5-3-4-6-8-14/h9,11-12,17-18H,2-8,10H2,1H3. The van der Waals surface area contributed by atoms with Crippen molar-refractivity contribution in [3.63, 3.8) is 0 Å². The molecule has 102 valence electrons. The molecule has 4 nitrogen and oxygen atoms in total. The first-order valence-electron chi connectivity index (χ1n) is 7.09. The second-order valence-corrected chi connectivity index (χ2v) is 5.40. The van der Waals surface area contributed by atoms with Crippen LogP contribution in [0, 0.1) is 0 Å². The Morgan fingerprint density at radius 2 is 2.00 bits per heavy atom. The predicted molar refractivity (Wildman–Crippen MR) is 70.1 cm³/mol. The number of nitrogens with zero attached hydrogens (tertiary/aromatic N) is 2. The molecule has 4 heteroatoms. The predicted octanol–water partition coefficient (Wildman–Crippen LogP) is 2.41.